The summed E-state index contributed by atoms with van der Waals surface area (Å²) in [5.74, 6) is -2.22. The van der Waals surface area contributed by atoms with Crippen molar-refractivity contribution in [3.63, 3.8) is 0 Å². The van der Waals surface area contributed by atoms with Crippen molar-refractivity contribution in [3.8, 4) is 0 Å². The van der Waals surface area contributed by atoms with Gasteiger partial charge in [-0.1, -0.05) is 7.43 Å². The van der Waals surface area contributed by atoms with Crippen LogP contribution in [0.4, 0.5) is 37.7 Å². The zero-order chi connectivity index (χ0) is 18.4. The van der Waals surface area contributed by atoms with Crippen LogP contribution in [-0.4, -0.2) is 4.92 Å². The Morgan fingerprint density at radius 1 is 0.880 bits per heavy atom. The minimum absolute atomic E-state index is 0. The average Bonchev–Trinajstić information content (AvgIpc) is 2.46. The monoisotopic (exact) mass is 368 g/mol. The minimum Gasteiger partial charge on any atom is -0.399 e. The van der Waals surface area contributed by atoms with Gasteiger partial charge in [0.2, 0.25) is 0 Å². The number of nitrogens with two attached hydrogens (primary N) is 1. The highest BCUT2D eigenvalue weighted by atomic mass is 19.3. The molecule has 4 nitrogen and oxygen atoms in total. The molecule has 0 unspecified atom stereocenters. The van der Waals surface area contributed by atoms with E-state index in [4.69, 9.17) is 5.73 Å². The molecule has 0 amide bonds. The molecule has 2 rings (SSSR count). The second-order valence-electron chi connectivity index (χ2n) is 4.35. The molecule has 0 radical (unpaired) electrons. The molecular formula is C15H14F6N2O2. The first-order chi connectivity index (χ1) is 11.1. The summed E-state index contributed by atoms with van der Waals surface area (Å²) >= 11 is 0. The molecule has 138 valence electrons. The van der Waals surface area contributed by atoms with Gasteiger partial charge in [0.1, 0.15) is 11.6 Å². The van der Waals surface area contributed by atoms with Crippen LogP contribution in [-0.2, 0) is 0 Å². The molecule has 2 aromatic rings. The molecule has 0 aromatic heterocycles. The number of nitrogen functional groups attached to an aromatic ring is 1. The van der Waals surface area contributed by atoms with Crippen molar-refractivity contribution in [3.05, 3.63) is 69.3 Å². The lowest BCUT2D eigenvalue weighted by Crippen LogP contribution is -1.94. The Balaban J connectivity index is 0.000000449. The number of anilines is 1. The molecule has 2 N–H and O–H groups in total. The van der Waals surface area contributed by atoms with Gasteiger partial charge in [0.25, 0.3) is 18.5 Å². The predicted octanol–water partition coefficient (Wildman–Crippen LogP) is 5.65. The maximum atomic E-state index is 12.7. The van der Waals surface area contributed by atoms with E-state index in [1.807, 2.05) is 0 Å². The van der Waals surface area contributed by atoms with E-state index in [-0.39, 0.29) is 13.1 Å². The molecular weight excluding hydrogens is 354 g/mol. The molecule has 0 aliphatic carbocycles. The van der Waals surface area contributed by atoms with Crippen molar-refractivity contribution in [1.82, 2.24) is 0 Å². The van der Waals surface area contributed by atoms with E-state index >= 15 is 0 Å². The highest BCUT2D eigenvalue weighted by Crippen LogP contribution is 2.25. The number of hydrogen-bond donors (Lipinski definition) is 1. The van der Waals surface area contributed by atoms with Gasteiger partial charge in [-0.05, 0) is 24.3 Å². The third-order valence-electron chi connectivity index (χ3n) is 2.69. The summed E-state index contributed by atoms with van der Waals surface area (Å²) < 4.78 is 72.9. The van der Waals surface area contributed by atoms with Crippen LogP contribution in [0.1, 0.15) is 31.4 Å². The van der Waals surface area contributed by atoms with Gasteiger partial charge in [-0.25, -0.2) is 26.3 Å². The molecule has 0 aliphatic heterocycles. The lowest BCUT2D eigenvalue weighted by molar-refractivity contribution is -0.385. The third kappa shape index (κ3) is 6.32. The van der Waals surface area contributed by atoms with Crippen molar-refractivity contribution in [1.29, 1.82) is 0 Å². The van der Waals surface area contributed by atoms with Crippen LogP contribution in [0.2, 0.25) is 0 Å². The van der Waals surface area contributed by atoms with E-state index in [9.17, 15) is 36.5 Å². The molecule has 0 fully saturated rings. The van der Waals surface area contributed by atoms with Crippen LogP contribution in [0.15, 0.2) is 36.4 Å². The van der Waals surface area contributed by atoms with Gasteiger partial charge < -0.3 is 5.73 Å². The fraction of sp³-hybridized carbons (Fsp3) is 0.200. The van der Waals surface area contributed by atoms with E-state index in [0.29, 0.717) is 12.1 Å². The topological polar surface area (TPSA) is 69.2 Å². The Bertz CT molecular complexity index is 725. The first kappa shape index (κ1) is 22.2. The Labute approximate surface area is 139 Å². The van der Waals surface area contributed by atoms with Crippen molar-refractivity contribution >= 4 is 11.4 Å². The van der Waals surface area contributed by atoms with Gasteiger partial charge in [0, 0.05) is 11.8 Å². The number of benzene rings is 2. The molecule has 10 heteroatoms. The number of nitro benzene ring substituents is 1. The SMILES string of the molecule is C.Nc1ccc(C(F)F)c(F)c1.O=[N+]([O-])c1ccc(C(F)F)c(F)c1. The fourth-order valence-electron chi connectivity index (χ4n) is 1.53. The van der Waals surface area contributed by atoms with Crippen LogP contribution < -0.4 is 5.73 Å². The summed E-state index contributed by atoms with van der Waals surface area (Å²) in [7, 11) is 0. The molecule has 0 heterocycles. The zero-order valence-electron chi connectivity index (χ0n) is 11.7. The van der Waals surface area contributed by atoms with Crippen LogP contribution in [0.5, 0.6) is 0 Å². The van der Waals surface area contributed by atoms with Gasteiger partial charge in [0.05, 0.1) is 22.1 Å². The van der Waals surface area contributed by atoms with Crippen LogP contribution in [0.25, 0.3) is 0 Å². The summed E-state index contributed by atoms with van der Waals surface area (Å²) in [6.07, 6.45) is -5.74. The zero-order valence-corrected chi connectivity index (χ0v) is 11.7. The number of nitrogens with zero attached hydrogens (tertiary/aromatic N) is 1. The quantitative estimate of drug-likeness (QED) is 0.329. The van der Waals surface area contributed by atoms with E-state index in [1.54, 1.807) is 0 Å². The maximum absolute atomic E-state index is 12.7. The fourth-order valence-corrected chi connectivity index (χ4v) is 1.53. The van der Waals surface area contributed by atoms with Crippen molar-refractivity contribution in [2.45, 2.75) is 20.3 Å². The van der Waals surface area contributed by atoms with Gasteiger partial charge in [0.15, 0.2) is 0 Å². The summed E-state index contributed by atoms with van der Waals surface area (Å²) in [6, 6.07) is 5.12. The van der Waals surface area contributed by atoms with Gasteiger partial charge in [-0.3, -0.25) is 10.1 Å². The maximum Gasteiger partial charge on any atom is 0.272 e. The number of nitro groups is 1. The number of halogens is 6. The molecule has 0 bridgehead atoms. The van der Waals surface area contributed by atoms with Crippen LogP contribution >= 0.6 is 0 Å². The van der Waals surface area contributed by atoms with E-state index in [2.05, 4.69) is 0 Å². The van der Waals surface area contributed by atoms with Gasteiger partial charge in [-0.15, -0.1) is 0 Å². The summed E-state index contributed by atoms with van der Waals surface area (Å²) in [5, 5.41) is 10.1. The lowest BCUT2D eigenvalue weighted by Gasteiger charge is -2.01. The highest BCUT2D eigenvalue weighted by Gasteiger charge is 2.16. The lowest BCUT2D eigenvalue weighted by atomic mass is 10.2. The smallest absolute Gasteiger partial charge is 0.272 e. The number of alkyl halides is 4. The second kappa shape index (κ2) is 9.50. The van der Waals surface area contributed by atoms with Gasteiger partial charge >= 0.3 is 0 Å². The Morgan fingerprint density at radius 2 is 1.32 bits per heavy atom. The van der Waals surface area contributed by atoms with Crippen molar-refractivity contribution in [2.75, 3.05) is 5.73 Å². The standard InChI is InChI=1S/C7H4F3NO2.C7H6F3N.CH4/c8-6-3-4(11(12)13)1-2-5(6)7(9)10;8-6-3-4(11)1-2-5(6)7(9)10;/h1-3,7H;1-3,7H,11H2;1H4. The summed E-state index contributed by atoms with van der Waals surface area (Å²) in [5.41, 5.74) is 3.31. The third-order valence-corrected chi connectivity index (χ3v) is 2.69. The Morgan fingerprint density at radius 3 is 1.68 bits per heavy atom. The second-order valence-corrected chi connectivity index (χ2v) is 4.35. The van der Waals surface area contributed by atoms with Crippen molar-refractivity contribution < 1.29 is 31.3 Å². The van der Waals surface area contributed by atoms with E-state index in [0.717, 1.165) is 18.2 Å². The average molecular weight is 368 g/mol. The summed E-state index contributed by atoms with van der Waals surface area (Å²) in [6.45, 7) is 0. The van der Waals surface area contributed by atoms with E-state index in [1.165, 1.54) is 6.07 Å². The molecule has 0 atom stereocenters. The normalized spacial score (nSPS) is 10.1. The van der Waals surface area contributed by atoms with Gasteiger partial charge in [-0.2, -0.15) is 0 Å². The number of hydrogen-bond acceptors (Lipinski definition) is 3. The number of non-ortho nitro benzene ring substituents is 1. The first-order valence-corrected chi connectivity index (χ1v) is 6.18. The Hall–Kier alpha value is -2.78. The largest absolute Gasteiger partial charge is 0.399 e. The minimum atomic E-state index is -2.96. The number of rotatable bonds is 3. The first-order valence-electron chi connectivity index (χ1n) is 6.18. The van der Waals surface area contributed by atoms with Crippen LogP contribution in [0.3, 0.4) is 0 Å². The summed E-state index contributed by atoms with van der Waals surface area (Å²) in [4.78, 5) is 9.24. The molecule has 0 saturated heterocycles. The van der Waals surface area contributed by atoms with E-state index < -0.39 is 46.2 Å². The molecule has 0 aliphatic rings. The van der Waals surface area contributed by atoms with Crippen LogP contribution in [0, 0.1) is 21.7 Å². The predicted molar refractivity (Wildman–Crippen MR) is 80.5 cm³/mol. The molecule has 2 aromatic carbocycles. The van der Waals surface area contributed by atoms with Crippen molar-refractivity contribution in [2.24, 2.45) is 0 Å². The molecule has 25 heavy (non-hydrogen) atoms. The molecule has 0 spiro atoms. The molecule has 0 saturated carbocycles. The highest BCUT2D eigenvalue weighted by molar-refractivity contribution is 5.40. The Kier molecular flexibility index (Phi) is 8.44.